The van der Waals surface area contributed by atoms with Crippen LogP contribution in [0.1, 0.15) is 5.56 Å². The number of nitrogens with zero attached hydrogens (tertiary/aromatic N) is 2. The van der Waals surface area contributed by atoms with Gasteiger partial charge in [-0.3, -0.25) is 15.1 Å². The van der Waals surface area contributed by atoms with Gasteiger partial charge in [0, 0.05) is 17.8 Å². The van der Waals surface area contributed by atoms with Gasteiger partial charge >= 0.3 is 5.69 Å². The summed E-state index contributed by atoms with van der Waals surface area (Å²) in [7, 11) is 0. The molecular weight excluding hydrogens is 239 g/mol. The molecule has 2 rings (SSSR count). The lowest BCUT2D eigenvalue weighted by Gasteiger charge is -2.06. The van der Waals surface area contributed by atoms with Crippen LogP contribution >= 0.6 is 0 Å². The Morgan fingerprint density at radius 3 is 2.83 bits per heavy atom. The fraction of sp³-hybridized carbons (Fsp3) is 0.0833. The minimum absolute atomic E-state index is 0.0841. The second-order valence-corrected chi connectivity index (χ2v) is 3.48. The number of hydrogen-bond donors (Lipinski definition) is 0. The summed E-state index contributed by atoms with van der Waals surface area (Å²) in [6.07, 6.45) is 3.07. The molecule has 0 bridgehead atoms. The first-order valence-corrected chi connectivity index (χ1v) is 5.13. The summed E-state index contributed by atoms with van der Waals surface area (Å²) in [5.41, 5.74) is -0.421. The topological polar surface area (TPSA) is 65.3 Å². The van der Waals surface area contributed by atoms with Crippen molar-refractivity contribution in [1.29, 1.82) is 0 Å². The van der Waals surface area contributed by atoms with Gasteiger partial charge in [0.25, 0.3) is 0 Å². The molecule has 1 heterocycles. The Labute approximate surface area is 102 Å². The van der Waals surface area contributed by atoms with E-state index in [1.165, 1.54) is 18.3 Å². The van der Waals surface area contributed by atoms with Crippen LogP contribution in [0.15, 0.2) is 42.7 Å². The van der Waals surface area contributed by atoms with E-state index in [0.29, 0.717) is 5.75 Å². The highest BCUT2D eigenvalue weighted by atomic mass is 19.1. The third-order valence-electron chi connectivity index (χ3n) is 2.28. The summed E-state index contributed by atoms with van der Waals surface area (Å²) >= 11 is 0. The lowest BCUT2D eigenvalue weighted by molar-refractivity contribution is -0.387. The molecule has 0 aliphatic rings. The van der Waals surface area contributed by atoms with Gasteiger partial charge in [-0.05, 0) is 12.1 Å². The van der Waals surface area contributed by atoms with Crippen LogP contribution in [-0.4, -0.2) is 9.91 Å². The van der Waals surface area contributed by atoms with E-state index in [9.17, 15) is 14.5 Å². The molecule has 0 saturated heterocycles. The minimum Gasteiger partial charge on any atom is -0.487 e. The predicted octanol–water partition coefficient (Wildman–Crippen LogP) is 2.71. The van der Waals surface area contributed by atoms with Crippen molar-refractivity contribution in [3.05, 3.63) is 64.2 Å². The second kappa shape index (κ2) is 5.22. The lowest BCUT2D eigenvalue weighted by Crippen LogP contribution is -2.01. The highest BCUT2D eigenvalue weighted by Gasteiger charge is 2.17. The van der Waals surface area contributed by atoms with Crippen LogP contribution in [-0.2, 0) is 6.61 Å². The number of pyridine rings is 1. The van der Waals surface area contributed by atoms with Crippen LogP contribution in [0.3, 0.4) is 0 Å². The van der Waals surface area contributed by atoms with E-state index >= 15 is 0 Å². The first-order chi connectivity index (χ1) is 8.68. The first-order valence-electron chi connectivity index (χ1n) is 5.13. The molecule has 0 fully saturated rings. The number of halogens is 1. The van der Waals surface area contributed by atoms with Crippen molar-refractivity contribution in [1.82, 2.24) is 4.98 Å². The zero-order valence-electron chi connectivity index (χ0n) is 9.25. The summed E-state index contributed by atoms with van der Waals surface area (Å²) in [6.45, 7) is -0.0841. The van der Waals surface area contributed by atoms with Crippen LogP contribution < -0.4 is 4.74 Å². The maximum atomic E-state index is 13.7. The average molecular weight is 248 g/mol. The first kappa shape index (κ1) is 12.0. The van der Waals surface area contributed by atoms with Gasteiger partial charge in [0.1, 0.15) is 12.4 Å². The quantitative estimate of drug-likeness (QED) is 0.616. The second-order valence-electron chi connectivity index (χ2n) is 3.48. The van der Waals surface area contributed by atoms with Gasteiger partial charge < -0.3 is 4.74 Å². The monoisotopic (exact) mass is 248 g/mol. The number of hydrogen-bond acceptors (Lipinski definition) is 4. The molecule has 1 aromatic carbocycles. The van der Waals surface area contributed by atoms with Gasteiger partial charge in [-0.1, -0.05) is 12.1 Å². The number of nitro groups is 1. The van der Waals surface area contributed by atoms with Crippen LogP contribution in [0.5, 0.6) is 5.75 Å². The van der Waals surface area contributed by atoms with E-state index in [1.54, 1.807) is 18.3 Å². The fourth-order valence-corrected chi connectivity index (χ4v) is 1.41. The molecule has 5 nitrogen and oxygen atoms in total. The number of benzene rings is 1. The van der Waals surface area contributed by atoms with Crippen molar-refractivity contribution in [3.8, 4) is 5.75 Å². The molecule has 0 unspecified atom stereocenters. The zero-order chi connectivity index (χ0) is 13.0. The van der Waals surface area contributed by atoms with Crippen molar-refractivity contribution < 1.29 is 14.1 Å². The molecule has 2 aromatic rings. The third kappa shape index (κ3) is 2.60. The van der Waals surface area contributed by atoms with E-state index in [4.69, 9.17) is 4.74 Å². The Balaban J connectivity index is 2.15. The highest BCUT2D eigenvalue weighted by Crippen LogP contribution is 2.21. The van der Waals surface area contributed by atoms with Gasteiger partial charge in [0.15, 0.2) is 0 Å². The van der Waals surface area contributed by atoms with Gasteiger partial charge in [-0.15, -0.1) is 0 Å². The molecular formula is C12H9FN2O3. The molecule has 0 atom stereocenters. The van der Waals surface area contributed by atoms with E-state index in [1.807, 2.05) is 0 Å². The van der Waals surface area contributed by atoms with Crippen molar-refractivity contribution in [2.24, 2.45) is 0 Å². The molecule has 0 amide bonds. The van der Waals surface area contributed by atoms with Gasteiger partial charge in [0.05, 0.1) is 11.1 Å². The average Bonchev–Trinajstić information content (AvgIpc) is 2.38. The van der Waals surface area contributed by atoms with E-state index in [2.05, 4.69) is 4.98 Å². The number of aromatic nitrogens is 1. The van der Waals surface area contributed by atoms with E-state index in [-0.39, 0.29) is 12.2 Å². The SMILES string of the molecule is O=[N+]([O-])c1cccc(COc2cccnc2)c1F. The maximum absolute atomic E-state index is 13.7. The van der Waals surface area contributed by atoms with Gasteiger partial charge in [0.2, 0.25) is 5.82 Å². The molecule has 6 heteroatoms. The van der Waals surface area contributed by atoms with Crippen LogP contribution in [0.25, 0.3) is 0 Å². The molecule has 0 saturated carbocycles. The summed E-state index contributed by atoms with van der Waals surface area (Å²) in [5.74, 6) is -0.394. The number of ether oxygens (including phenoxy) is 1. The van der Waals surface area contributed by atoms with Crippen LogP contribution in [0.4, 0.5) is 10.1 Å². The molecule has 0 aliphatic carbocycles. The van der Waals surface area contributed by atoms with E-state index in [0.717, 1.165) is 6.07 Å². The summed E-state index contributed by atoms with van der Waals surface area (Å²) in [6, 6.07) is 7.33. The third-order valence-corrected chi connectivity index (χ3v) is 2.28. The Morgan fingerprint density at radius 2 is 2.17 bits per heavy atom. The standard InChI is InChI=1S/C12H9FN2O3/c13-12-9(3-1-5-11(12)15(16)17)8-18-10-4-2-6-14-7-10/h1-7H,8H2. The summed E-state index contributed by atoms with van der Waals surface area (Å²) in [5, 5.41) is 10.6. The van der Waals surface area contributed by atoms with Crippen molar-refractivity contribution in [2.75, 3.05) is 0 Å². The molecule has 18 heavy (non-hydrogen) atoms. The van der Waals surface area contributed by atoms with Crippen LogP contribution in [0, 0.1) is 15.9 Å². The lowest BCUT2D eigenvalue weighted by atomic mass is 10.2. The zero-order valence-corrected chi connectivity index (χ0v) is 9.25. The molecule has 92 valence electrons. The van der Waals surface area contributed by atoms with E-state index < -0.39 is 16.4 Å². The van der Waals surface area contributed by atoms with Gasteiger partial charge in [-0.25, -0.2) is 0 Å². The number of rotatable bonds is 4. The van der Waals surface area contributed by atoms with Gasteiger partial charge in [-0.2, -0.15) is 4.39 Å². The Kier molecular flexibility index (Phi) is 3.47. The molecule has 0 spiro atoms. The van der Waals surface area contributed by atoms with Crippen molar-refractivity contribution in [2.45, 2.75) is 6.61 Å². The largest absolute Gasteiger partial charge is 0.487 e. The summed E-state index contributed by atoms with van der Waals surface area (Å²) < 4.78 is 19.0. The predicted molar refractivity (Wildman–Crippen MR) is 61.6 cm³/mol. The van der Waals surface area contributed by atoms with Crippen molar-refractivity contribution in [3.63, 3.8) is 0 Å². The molecule has 0 N–H and O–H groups in total. The number of nitro benzene ring substituents is 1. The normalized spacial score (nSPS) is 10.1. The minimum atomic E-state index is -0.869. The highest BCUT2D eigenvalue weighted by molar-refractivity contribution is 5.36. The fourth-order valence-electron chi connectivity index (χ4n) is 1.41. The Bertz CT molecular complexity index is 561. The molecule has 0 aliphatic heterocycles. The Hall–Kier alpha value is -2.50. The Morgan fingerprint density at radius 1 is 1.33 bits per heavy atom. The smallest absolute Gasteiger partial charge is 0.305 e. The molecule has 1 aromatic heterocycles. The molecule has 0 radical (unpaired) electrons. The maximum Gasteiger partial charge on any atom is 0.305 e. The summed E-state index contributed by atoms with van der Waals surface area (Å²) in [4.78, 5) is 13.6. The van der Waals surface area contributed by atoms with Crippen LogP contribution in [0.2, 0.25) is 0 Å². The van der Waals surface area contributed by atoms with Crippen molar-refractivity contribution >= 4 is 5.69 Å².